The van der Waals surface area contributed by atoms with Crippen molar-refractivity contribution < 1.29 is 23.9 Å². The van der Waals surface area contributed by atoms with Crippen molar-refractivity contribution in [1.82, 2.24) is 4.90 Å². The number of aryl methyl sites for hydroxylation is 2. The van der Waals surface area contributed by atoms with Gasteiger partial charge in [-0.25, -0.2) is 4.79 Å². The largest absolute Gasteiger partial charge is 0.452 e. The Hall–Kier alpha value is -4.26. The van der Waals surface area contributed by atoms with Gasteiger partial charge in [-0.3, -0.25) is 19.3 Å². The van der Waals surface area contributed by atoms with E-state index in [1.165, 1.54) is 30.8 Å². The minimum atomic E-state index is -0.579. The Morgan fingerprint density at radius 1 is 0.848 bits per heavy atom. The number of hydrogen-bond donors (Lipinski definition) is 1. The van der Waals surface area contributed by atoms with Crippen LogP contribution in [0.15, 0.2) is 72.8 Å². The van der Waals surface area contributed by atoms with Crippen molar-refractivity contribution in [2.75, 3.05) is 19.0 Å². The first kappa shape index (κ1) is 22.0. The first-order chi connectivity index (χ1) is 15.9. The van der Waals surface area contributed by atoms with Crippen molar-refractivity contribution in [3.63, 3.8) is 0 Å². The second kappa shape index (κ2) is 9.48. The van der Waals surface area contributed by atoms with Gasteiger partial charge in [0.05, 0.1) is 16.7 Å². The smallest absolute Gasteiger partial charge is 0.338 e. The average Bonchev–Trinajstić information content (AvgIpc) is 3.05. The maximum absolute atomic E-state index is 12.6. The molecule has 1 aliphatic rings. The van der Waals surface area contributed by atoms with E-state index in [2.05, 4.69) is 5.32 Å². The first-order valence-corrected chi connectivity index (χ1v) is 10.5. The van der Waals surface area contributed by atoms with Crippen LogP contribution in [0.1, 0.15) is 42.2 Å². The van der Waals surface area contributed by atoms with Crippen molar-refractivity contribution >= 4 is 29.4 Å². The highest BCUT2D eigenvalue weighted by molar-refractivity contribution is 6.21. The Labute approximate surface area is 191 Å². The Morgan fingerprint density at radius 2 is 1.55 bits per heavy atom. The predicted molar refractivity (Wildman–Crippen MR) is 122 cm³/mol. The summed E-state index contributed by atoms with van der Waals surface area (Å²) in [4.78, 5) is 50.0. The summed E-state index contributed by atoms with van der Waals surface area (Å²) >= 11 is 0. The highest BCUT2D eigenvalue weighted by atomic mass is 16.5. The third-order valence-electron chi connectivity index (χ3n) is 5.47. The van der Waals surface area contributed by atoms with Crippen molar-refractivity contribution in [2.24, 2.45) is 0 Å². The van der Waals surface area contributed by atoms with Gasteiger partial charge in [0, 0.05) is 12.7 Å². The molecule has 33 heavy (non-hydrogen) atoms. The Kier molecular flexibility index (Phi) is 6.31. The van der Waals surface area contributed by atoms with Gasteiger partial charge >= 0.3 is 5.97 Å². The van der Waals surface area contributed by atoms with Crippen LogP contribution >= 0.6 is 0 Å². The van der Waals surface area contributed by atoms with Gasteiger partial charge in [0.2, 0.25) is 0 Å². The average molecular weight is 442 g/mol. The van der Waals surface area contributed by atoms with Crippen LogP contribution in [0, 0.1) is 0 Å². The van der Waals surface area contributed by atoms with Crippen LogP contribution in [-0.4, -0.2) is 42.2 Å². The Morgan fingerprint density at radius 3 is 2.33 bits per heavy atom. The molecule has 0 saturated carbocycles. The molecule has 4 rings (SSSR count). The van der Waals surface area contributed by atoms with Gasteiger partial charge in [0.15, 0.2) is 6.61 Å². The zero-order valence-corrected chi connectivity index (χ0v) is 18.0. The standard InChI is InChI=1S/C26H22N2O5/c1-28-24(30)21-14-13-19(15-22(21)25(28)31)27-23(29)16-33-26(32)20-10-6-5-9-18(20)12-11-17-7-3-2-4-8-17/h2-10,13-15H,11-12,16H2,1H3,(H,27,29). The Balaban J connectivity index is 1.35. The number of nitrogens with one attached hydrogen (secondary N) is 1. The fourth-order valence-electron chi connectivity index (χ4n) is 3.71. The molecule has 166 valence electrons. The van der Waals surface area contributed by atoms with E-state index in [9.17, 15) is 19.2 Å². The summed E-state index contributed by atoms with van der Waals surface area (Å²) in [5.74, 6) is -1.93. The summed E-state index contributed by atoms with van der Waals surface area (Å²) in [6.07, 6.45) is 1.44. The van der Waals surface area contributed by atoms with Crippen LogP contribution < -0.4 is 5.32 Å². The van der Waals surface area contributed by atoms with E-state index < -0.39 is 24.4 Å². The number of amides is 3. The summed E-state index contributed by atoms with van der Waals surface area (Å²) in [5.41, 5.74) is 3.29. The number of ether oxygens (including phenoxy) is 1. The third-order valence-corrected chi connectivity index (χ3v) is 5.47. The van der Waals surface area contributed by atoms with Crippen LogP contribution in [0.4, 0.5) is 5.69 Å². The molecule has 0 fully saturated rings. The van der Waals surface area contributed by atoms with Crippen LogP contribution in [0.3, 0.4) is 0 Å². The molecule has 0 spiro atoms. The molecule has 0 aromatic heterocycles. The first-order valence-electron chi connectivity index (χ1n) is 10.5. The molecule has 0 atom stereocenters. The number of esters is 1. The maximum atomic E-state index is 12.6. The molecule has 3 aromatic carbocycles. The molecular weight excluding hydrogens is 420 g/mol. The maximum Gasteiger partial charge on any atom is 0.338 e. The summed E-state index contributed by atoms with van der Waals surface area (Å²) in [6.45, 7) is -0.476. The lowest BCUT2D eigenvalue weighted by Gasteiger charge is -2.10. The number of carbonyl (C=O) groups excluding carboxylic acids is 4. The van der Waals surface area contributed by atoms with Gasteiger partial charge in [0.1, 0.15) is 0 Å². The van der Waals surface area contributed by atoms with E-state index in [-0.39, 0.29) is 11.5 Å². The SMILES string of the molecule is CN1C(=O)c2ccc(NC(=O)COC(=O)c3ccccc3CCc3ccccc3)cc2C1=O. The molecule has 0 bridgehead atoms. The molecule has 7 nitrogen and oxygen atoms in total. The zero-order valence-electron chi connectivity index (χ0n) is 18.0. The predicted octanol–water partition coefficient (Wildman–Crippen LogP) is 3.49. The summed E-state index contributed by atoms with van der Waals surface area (Å²) < 4.78 is 5.22. The topological polar surface area (TPSA) is 92.8 Å². The second-order valence-electron chi connectivity index (χ2n) is 7.70. The summed E-state index contributed by atoms with van der Waals surface area (Å²) in [6, 6.07) is 21.6. The molecule has 7 heteroatoms. The van der Waals surface area contributed by atoms with Crippen molar-refractivity contribution in [2.45, 2.75) is 12.8 Å². The Bertz CT molecular complexity index is 1240. The van der Waals surface area contributed by atoms with Crippen molar-refractivity contribution in [1.29, 1.82) is 0 Å². The molecule has 1 N–H and O–H groups in total. The quantitative estimate of drug-likeness (QED) is 0.447. The molecular formula is C26H22N2O5. The second-order valence-corrected chi connectivity index (χ2v) is 7.70. The van der Waals surface area contributed by atoms with Gasteiger partial charge < -0.3 is 10.1 Å². The highest BCUT2D eigenvalue weighted by Gasteiger charge is 2.32. The number of imide groups is 1. The minimum absolute atomic E-state index is 0.227. The van der Waals surface area contributed by atoms with Crippen LogP contribution in [0.5, 0.6) is 0 Å². The third kappa shape index (κ3) is 4.82. The molecule has 3 aromatic rings. The van der Waals surface area contributed by atoms with E-state index in [1.54, 1.807) is 12.1 Å². The molecule has 1 heterocycles. The minimum Gasteiger partial charge on any atom is -0.452 e. The van der Waals surface area contributed by atoms with Crippen LogP contribution in [0.25, 0.3) is 0 Å². The molecule has 0 aliphatic carbocycles. The molecule has 0 saturated heterocycles. The lowest BCUT2D eigenvalue weighted by Crippen LogP contribution is -2.24. The van der Waals surface area contributed by atoms with Crippen LogP contribution in [-0.2, 0) is 22.4 Å². The normalized spacial score (nSPS) is 12.5. The van der Waals surface area contributed by atoms with Crippen molar-refractivity contribution in [3.8, 4) is 0 Å². The van der Waals surface area contributed by atoms with Crippen LogP contribution in [0.2, 0.25) is 0 Å². The summed E-state index contributed by atoms with van der Waals surface area (Å²) in [7, 11) is 1.40. The summed E-state index contributed by atoms with van der Waals surface area (Å²) in [5, 5.41) is 2.59. The van der Waals surface area contributed by atoms with Gasteiger partial charge in [-0.15, -0.1) is 0 Å². The lowest BCUT2D eigenvalue weighted by atomic mass is 10.00. The molecule has 0 unspecified atom stereocenters. The van der Waals surface area contributed by atoms with Gasteiger partial charge in [-0.2, -0.15) is 0 Å². The van der Waals surface area contributed by atoms with E-state index in [4.69, 9.17) is 4.74 Å². The number of fused-ring (bicyclic) bond motifs is 1. The van der Waals surface area contributed by atoms with Gasteiger partial charge in [-0.05, 0) is 48.2 Å². The van der Waals surface area contributed by atoms with Gasteiger partial charge in [0.25, 0.3) is 17.7 Å². The molecule has 3 amide bonds. The zero-order chi connectivity index (χ0) is 23.4. The fraction of sp³-hybridized carbons (Fsp3) is 0.154. The highest BCUT2D eigenvalue weighted by Crippen LogP contribution is 2.24. The van der Waals surface area contributed by atoms with E-state index in [1.807, 2.05) is 42.5 Å². The molecule has 1 aliphatic heterocycles. The van der Waals surface area contributed by atoms with Crippen molar-refractivity contribution in [3.05, 3.63) is 101 Å². The van der Waals surface area contributed by atoms with E-state index in [0.29, 0.717) is 23.2 Å². The number of nitrogens with zero attached hydrogens (tertiary/aromatic N) is 1. The number of anilines is 1. The van der Waals surface area contributed by atoms with Gasteiger partial charge in [-0.1, -0.05) is 48.5 Å². The number of benzene rings is 3. The monoisotopic (exact) mass is 442 g/mol. The number of carbonyl (C=O) groups is 4. The lowest BCUT2D eigenvalue weighted by molar-refractivity contribution is -0.119. The number of hydrogen-bond acceptors (Lipinski definition) is 5. The fourth-order valence-corrected chi connectivity index (χ4v) is 3.71. The van der Waals surface area contributed by atoms with E-state index >= 15 is 0 Å². The molecule has 0 radical (unpaired) electrons. The number of rotatable bonds is 7. The van der Waals surface area contributed by atoms with E-state index in [0.717, 1.165) is 16.9 Å².